The predicted molar refractivity (Wildman–Crippen MR) is 99.1 cm³/mol. The van der Waals surface area contributed by atoms with Crippen LogP contribution in [0, 0.1) is 0 Å². The van der Waals surface area contributed by atoms with Gasteiger partial charge in [-0.15, -0.1) is 0 Å². The lowest BCUT2D eigenvalue weighted by Gasteiger charge is -2.13. The van der Waals surface area contributed by atoms with E-state index in [0.717, 1.165) is 17.7 Å². The van der Waals surface area contributed by atoms with Crippen LogP contribution in [0.1, 0.15) is 35.4 Å². The Balaban J connectivity index is 1.39. The lowest BCUT2D eigenvalue weighted by molar-refractivity contribution is 0.0635. The van der Waals surface area contributed by atoms with Crippen molar-refractivity contribution in [3.63, 3.8) is 0 Å². The van der Waals surface area contributed by atoms with Crippen LogP contribution >= 0.6 is 0 Å². The zero-order chi connectivity index (χ0) is 18.2. The minimum Gasteiger partial charge on any atom is -0.374 e. The highest BCUT2D eigenvalue weighted by atomic mass is 16.5. The Morgan fingerprint density at radius 3 is 2.62 bits per heavy atom. The van der Waals surface area contributed by atoms with E-state index in [2.05, 4.69) is 27.5 Å². The molecule has 26 heavy (non-hydrogen) atoms. The van der Waals surface area contributed by atoms with E-state index in [1.54, 1.807) is 23.1 Å². The molecule has 1 amide bonds. The Morgan fingerprint density at radius 2 is 1.92 bits per heavy atom. The van der Waals surface area contributed by atoms with Gasteiger partial charge < -0.3 is 10.1 Å². The third-order valence-corrected chi connectivity index (χ3v) is 4.06. The normalized spacial score (nSPS) is 11.9. The maximum Gasteiger partial charge on any atom is 0.251 e. The van der Waals surface area contributed by atoms with E-state index >= 15 is 0 Å². The molecule has 0 spiro atoms. The molecule has 1 heterocycles. The van der Waals surface area contributed by atoms with Crippen LogP contribution in [0.4, 0.5) is 0 Å². The van der Waals surface area contributed by atoms with E-state index in [1.807, 2.05) is 37.3 Å². The number of rotatable bonds is 8. The lowest BCUT2D eigenvalue weighted by Crippen LogP contribution is -2.25. The fraction of sp³-hybridized carbons (Fsp3) is 0.250. The van der Waals surface area contributed by atoms with Gasteiger partial charge in [0.05, 0.1) is 11.8 Å². The minimum atomic E-state index is -0.0914. The first-order valence-corrected chi connectivity index (χ1v) is 8.64. The molecule has 3 rings (SSSR count). The second-order valence-electron chi connectivity index (χ2n) is 5.92. The van der Waals surface area contributed by atoms with Gasteiger partial charge in [0.2, 0.25) is 0 Å². The molecule has 1 N–H and O–H groups in total. The molecule has 1 unspecified atom stereocenters. The van der Waals surface area contributed by atoms with Crippen LogP contribution in [0.5, 0.6) is 0 Å². The molecular weight excluding hydrogens is 328 g/mol. The number of hydrogen-bond donors (Lipinski definition) is 1. The topological polar surface area (TPSA) is 69.0 Å². The molecule has 1 aromatic heterocycles. The zero-order valence-corrected chi connectivity index (χ0v) is 14.7. The van der Waals surface area contributed by atoms with Gasteiger partial charge >= 0.3 is 0 Å². The van der Waals surface area contributed by atoms with Crippen LogP contribution in [0.3, 0.4) is 0 Å². The molecule has 1 atom stereocenters. The van der Waals surface area contributed by atoms with E-state index in [1.165, 1.54) is 6.33 Å². The highest BCUT2D eigenvalue weighted by Crippen LogP contribution is 2.15. The first kappa shape index (κ1) is 17.8. The molecule has 0 saturated heterocycles. The summed E-state index contributed by atoms with van der Waals surface area (Å²) in [6.07, 6.45) is 3.91. The third-order valence-electron chi connectivity index (χ3n) is 4.06. The smallest absolute Gasteiger partial charge is 0.251 e. The number of carbonyl (C=O) groups is 1. The van der Waals surface area contributed by atoms with Crippen molar-refractivity contribution in [2.45, 2.75) is 19.4 Å². The molecule has 0 aliphatic heterocycles. The molecule has 0 bridgehead atoms. The molecule has 0 fully saturated rings. The van der Waals surface area contributed by atoms with Crippen molar-refractivity contribution in [3.8, 4) is 5.69 Å². The van der Waals surface area contributed by atoms with Gasteiger partial charge in [0.25, 0.3) is 5.91 Å². The van der Waals surface area contributed by atoms with Gasteiger partial charge in [-0.1, -0.05) is 30.3 Å². The Morgan fingerprint density at radius 1 is 1.15 bits per heavy atom. The van der Waals surface area contributed by atoms with Crippen molar-refractivity contribution < 1.29 is 9.53 Å². The van der Waals surface area contributed by atoms with Crippen molar-refractivity contribution in [1.29, 1.82) is 0 Å². The van der Waals surface area contributed by atoms with E-state index in [4.69, 9.17) is 4.74 Å². The van der Waals surface area contributed by atoms with E-state index in [0.29, 0.717) is 18.7 Å². The fourth-order valence-electron chi connectivity index (χ4n) is 2.56. The van der Waals surface area contributed by atoms with Crippen LogP contribution in [0.15, 0.2) is 67.3 Å². The zero-order valence-electron chi connectivity index (χ0n) is 14.7. The lowest BCUT2D eigenvalue weighted by atomic mass is 10.1. The molecule has 6 nitrogen and oxygen atoms in total. The molecular formula is C20H22N4O2. The van der Waals surface area contributed by atoms with Crippen molar-refractivity contribution in [1.82, 2.24) is 20.1 Å². The molecule has 0 aliphatic rings. The molecule has 0 aliphatic carbocycles. The first-order chi connectivity index (χ1) is 12.7. The van der Waals surface area contributed by atoms with Crippen LogP contribution in [-0.2, 0) is 4.74 Å². The monoisotopic (exact) mass is 350 g/mol. The number of ether oxygens (including phenoxy) is 1. The van der Waals surface area contributed by atoms with Gasteiger partial charge in [-0.2, -0.15) is 5.10 Å². The first-order valence-electron chi connectivity index (χ1n) is 8.64. The van der Waals surface area contributed by atoms with Gasteiger partial charge in [0, 0.05) is 18.7 Å². The number of carbonyl (C=O) groups excluding carboxylic acids is 1. The van der Waals surface area contributed by atoms with Crippen molar-refractivity contribution in [2.24, 2.45) is 0 Å². The quantitative estimate of drug-likeness (QED) is 0.634. The summed E-state index contributed by atoms with van der Waals surface area (Å²) in [6.45, 7) is 3.21. The molecule has 134 valence electrons. The summed E-state index contributed by atoms with van der Waals surface area (Å²) in [7, 11) is 0. The maximum absolute atomic E-state index is 12.2. The number of nitrogens with zero attached hydrogens (tertiary/aromatic N) is 3. The highest BCUT2D eigenvalue weighted by molar-refractivity contribution is 5.94. The average Bonchev–Trinajstić information content (AvgIpc) is 3.23. The molecule has 6 heteroatoms. The second-order valence-corrected chi connectivity index (χ2v) is 5.92. The van der Waals surface area contributed by atoms with Crippen LogP contribution < -0.4 is 5.32 Å². The fourth-order valence-corrected chi connectivity index (χ4v) is 2.56. The summed E-state index contributed by atoms with van der Waals surface area (Å²) in [4.78, 5) is 16.1. The summed E-state index contributed by atoms with van der Waals surface area (Å²) in [5, 5.41) is 6.97. The number of benzene rings is 2. The molecule has 0 saturated carbocycles. The minimum absolute atomic E-state index is 0.0521. The Kier molecular flexibility index (Phi) is 6.11. The molecule has 0 radical (unpaired) electrons. The maximum atomic E-state index is 12.2. The number of hydrogen-bond acceptors (Lipinski definition) is 4. The Labute approximate surface area is 152 Å². The van der Waals surface area contributed by atoms with Crippen molar-refractivity contribution in [2.75, 3.05) is 13.2 Å². The van der Waals surface area contributed by atoms with Crippen LogP contribution in [0.25, 0.3) is 5.69 Å². The Hall–Kier alpha value is -2.99. The summed E-state index contributed by atoms with van der Waals surface area (Å²) < 4.78 is 7.45. The summed E-state index contributed by atoms with van der Waals surface area (Å²) in [5.41, 5.74) is 2.64. The summed E-state index contributed by atoms with van der Waals surface area (Å²) in [5.74, 6) is -0.0914. The standard InChI is InChI=1S/C20H22N4O2/c1-16(17-6-3-2-4-7-17)26-13-5-12-22-20(25)18-8-10-19(11-9-18)24-15-21-14-23-24/h2-4,6-11,14-16H,5,12-13H2,1H3,(H,22,25). The van der Waals surface area contributed by atoms with Crippen molar-refractivity contribution >= 4 is 5.91 Å². The largest absolute Gasteiger partial charge is 0.374 e. The molecule has 2 aromatic carbocycles. The number of amides is 1. The van der Waals surface area contributed by atoms with Crippen LogP contribution in [0.2, 0.25) is 0 Å². The van der Waals surface area contributed by atoms with Gasteiger partial charge in [-0.05, 0) is 43.2 Å². The average molecular weight is 350 g/mol. The number of nitrogens with one attached hydrogen (secondary N) is 1. The summed E-state index contributed by atoms with van der Waals surface area (Å²) in [6, 6.07) is 17.3. The van der Waals surface area contributed by atoms with E-state index < -0.39 is 0 Å². The van der Waals surface area contributed by atoms with Gasteiger partial charge in [-0.3, -0.25) is 4.79 Å². The Bertz CT molecular complexity index is 802. The SMILES string of the molecule is CC(OCCCNC(=O)c1ccc(-n2cncn2)cc1)c1ccccc1. The van der Waals surface area contributed by atoms with Gasteiger partial charge in [0.1, 0.15) is 12.7 Å². The third kappa shape index (κ3) is 4.77. The van der Waals surface area contributed by atoms with E-state index in [9.17, 15) is 4.79 Å². The predicted octanol–water partition coefficient (Wildman–Crippen LogP) is 3.17. The van der Waals surface area contributed by atoms with E-state index in [-0.39, 0.29) is 12.0 Å². The van der Waals surface area contributed by atoms with Gasteiger partial charge in [-0.25, -0.2) is 9.67 Å². The van der Waals surface area contributed by atoms with Crippen molar-refractivity contribution in [3.05, 3.63) is 78.4 Å². The highest BCUT2D eigenvalue weighted by Gasteiger charge is 2.07. The summed E-state index contributed by atoms with van der Waals surface area (Å²) >= 11 is 0. The van der Waals surface area contributed by atoms with Crippen LogP contribution in [-0.4, -0.2) is 33.8 Å². The molecule has 3 aromatic rings. The van der Waals surface area contributed by atoms with Gasteiger partial charge in [0.15, 0.2) is 0 Å². The number of aromatic nitrogens is 3. The second kappa shape index (κ2) is 8.92.